The lowest BCUT2D eigenvalue weighted by molar-refractivity contribution is 0.112. The van der Waals surface area contributed by atoms with E-state index in [0.717, 1.165) is 22.3 Å². The van der Waals surface area contributed by atoms with Crippen LogP contribution in [0, 0.1) is 6.92 Å². The quantitative estimate of drug-likeness (QED) is 0.705. The van der Waals surface area contributed by atoms with Crippen LogP contribution in [0.25, 0.3) is 10.4 Å². The molecule has 0 atom stereocenters. The SMILES string of the molecule is Cc1cnccc1-c1cnc(C=O)s1. The van der Waals surface area contributed by atoms with Crippen LogP contribution in [0.15, 0.2) is 24.7 Å². The fourth-order valence-electron chi connectivity index (χ4n) is 1.22. The maximum Gasteiger partial charge on any atom is 0.178 e. The molecule has 3 nitrogen and oxygen atoms in total. The number of aryl methyl sites for hydroxylation is 1. The van der Waals surface area contributed by atoms with Gasteiger partial charge in [-0.05, 0) is 24.1 Å². The Balaban J connectivity index is 2.49. The van der Waals surface area contributed by atoms with Crippen molar-refractivity contribution in [2.75, 3.05) is 0 Å². The minimum absolute atomic E-state index is 0.510. The van der Waals surface area contributed by atoms with Crippen LogP contribution in [-0.4, -0.2) is 16.3 Å². The third kappa shape index (κ3) is 1.56. The minimum atomic E-state index is 0.510. The predicted molar refractivity (Wildman–Crippen MR) is 55.5 cm³/mol. The van der Waals surface area contributed by atoms with Gasteiger partial charge < -0.3 is 0 Å². The number of pyridine rings is 1. The van der Waals surface area contributed by atoms with Crippen molar-refractivity contribution in [2.45, 2.75) is 6.92 Å². The molecule has 0 unspecified atom stereocenters. The highest BCUT2D eigenvalue weighted by Crippen LogP contribution is 2.27. The zero-order chi connectivity index (χ0) is 9.97. The summed E-state index contributed by atoms with van der Waals surface area (Å²) in [6.45, 7) is 1.99. The van der Waals surface area contributed by atoms with Gasteiger partial charge in [-0.2, -0.15) is 0 Å². The number of hydrogen-bond acceptors (Lipinski definition) is 4. The molecule has 0 fully saturated rings. The van der Waals surface area contributed by atoms with Gasteiger partial charge in [0.2, 0.25) is 0 Å². The fourth-order valence-corrected chi connectivity index (χ4v) is 2.04. The van der Waals surface area contributed by atoms with Gasteiger partial charge in [0, 0.05) is 18.6 Å². The molecule has 2 heterocycles. The van der Waals surface area contributed by atoms with E-state index < -0.39 is 0 Å². The number of thiazole rings is 1. The van der Waals surface area contributed by atoms with Crippen molar-refractivity contribution < 1.29 is 4.79 Å². The Bertz CT molecular complexity index is 465. The molecule has 14 heavy (non-hydrogen) atoms. The molecule has 70 valence electrons. The lowest BCUT2D eigenvalue weighted by Crippen LogP contribution is -1.80. The van der Waals surface area contributed by atoms with Gasteiger partial charge in [0.05, 0.1) is 4.88 Å². The van der Waals surface area contributed by atoms with E-state index in [1.165, 1.54) is 11.3 Å². The largest absolute Gasteiger partial charge is 0.295 e. The fraction of sp³-hybridized carbons (Fsp3) is 0.100. The Morgan fingerprint density at radius 3 is 2.93 bits per heavy atom. The normalized spacial score (nSPS) is 10.1. The monoisotopic (exact) mass is 204 g/mol. The average molecular weight is 204 g/mol. The number of rotatable bonds is 2. The van der Waals surface area contributed by atoms with Crippen LogP contribution < -0.4 is 0 Å². The molecular weight excluding hydrogens is 196 g/mol. The molecule has 0 N–H and O–H groups in total. The Kier molecular flexibility index (Phi) is 2.37. The second-order valence-electron chi connectivity index (χ2n) is 2.87. The summed E-state index contributed by atoms with van der Waals surface area (Å²) < 4.78 is 0. The first-order valence-electron chi connectivity index (χ1n) is 4.13. The first kappa shape index (κ1) is 9.02. The molecule has 2 aromatic rings. The Hall–Kier alpha value is -1.55. The first-order valence-corrected chi connectivity index (χ1v) is 4.95. The topological polar surface area (TPSA) is 42.9 Å². The molecular formula is C10H8N2OS. The van der Waals surface area contributed by atoms with Crippen LogP contribution in [0.4, 0.5) is 0 Å². The van der Waals surface area contributed by atoms with Gasteiger partial charge >= 0.3 is 0 Å². The van der Waals surface area contributed by atoms with Crippen molar-refractivity contribution in [1.29, 1.82) is 0 Å². The molecule has 0 saturated heterocycles. The van der Waals surface area contributed by atoms with E-state index in [-0.39, 0.29) is 0 Å². The summed E-state index contributed by atoms with van der Waals surface area (Å²) in [4.78, 5) is 19.5. The lowest BCUT2D eigenvalue weighted by atomic mass is 10.1. The third-order valence-corrected chi connectivity index (χ3v) is 2.87. The van der Waals surface area contributed by atoms with Crippen molar-refractivity contribution in [2.24, 2.45) is 0 Å². The summed E-state index contributed by atoms with van der Waals surface area (Å²) in [5, 5.41) is 0.510. The number of hydrogen-bond donors (Lipinski definition) is 0. The average Bonchev–Trinajstić information content (AvgIpc) is 2.67. The summed E-state index contributed by atoms with van der Waals surface area (Å²) in [7, 11) is 0. The molecule has 0 aliphatic rings. The second-order valence-corrected chi connectivity index (χ2v) is 3.93. The van der Waals surface area contributed by atoms with Crippen molar-refractivity contribution in [3.63, 3.8) is 0 Å². The molecule has 0 amide bonds. The number of nitrogens with zero attached hydrogens (tertiary/aromatic N) is 2. The lowest BCUT2D eigenvalue weighted by Gasteiger charge is -1.99. The van der Waals surface area contributed by atoms with Crippen molar-refractivity contribution in [3.05, 3.63) is 35.2 Å². The summed E-state index contributed by atoms with van der Waals surface area (Å²) in [5.74, 6) is 0. The number of carbonyl (C=O) groups is 1. The Morgan fingerprint density at radius 2 is 2.29 bits per heavy atom. The number of aromatic nitrogens is 2. The maximum atomic E-state index is 10.5. The molecule has 2 aromatic heterocycles. The molecule has 0 saturated carbocycles. The van der Waals surface area contributed by atoms with Gasteiger partial charge in [0.1, 0.15) is 0 Å². The van der Waals surface area contributed by atoms with Crippen LogP contribution in [0.5, 0.6) is 0 Å². The van der Waals surface area contributed by atoms with Crippen molar-refractivity contribution in [3.8, 4) is 10.4 Å². The highest BCUT2D eigenvalue weighted by molar-refractivity contribution is 7.16. The van der Waals surface area contributed by atoms with E-state index in [2.05, 4.69) is 9.97 Å². The summed E-state index contributed by atoms with van der Waals surface area (Å²) in [6, 6.07) is 1.93. The zero-order valence-electron chi connectivity index (χ0n) is 7.60. The van der Waals surface area contributed by atoms with Crippen LogP contribution in [-0.2, 0) is 0 Å². The van der Waals surface area contributed by atoms with Gasteiger partial charge in [-0.1, -0.05) is 0 Å². The Morgan fingerprint density at radius 1 is 1.43 bits per heavy atom. The molecule has 0 radical (unpaired) electrons. The van der Waals surface area contributed by atoms with E-state index in [4.69, 9.17) is 0 Å². The minimum Gasteiger partial charge on any atom is -0.295 e. The van der Waals surface area contributed by atoms with Gasteiger partial charge in [-0.15, -0.1) is 11.3 Å². The molecule has 0 aromatic carbocycles. The maximum absolute atomic E-state index is 10.5. The summed E-state index contributed by atoms with van der Waals surface area (Å²) in [6.07, 6.45) is 6.03. The summed E-state index contributed by atoms with van der Waals surface area (Å²) >= 11 is 1.39. The van der Waals surface area contributed by atoms with Crippen LogP contribution in [0.1, 0.15) is 15.4 Å². The van der Waals surface area contributed by atoms with Crippen LogP contribution in [0.3, 0.4) is 0 Å². The zero-order valence-corrected chi connectivity index (χ0v) is 8.41. The highest BCUT2D eigenvalue weighted by Gasteiger charge is 2.05. The molecule has 4 heteroatoms. The van der Waals surface area contributed by atoms with E-state index in [0.29, 0.717) is 5.01 Å². The van der Waals surface area contributed by atoms with Crippen LogP contribution >= 0.6 is 11.3 Å². The van der Waals surface area contributed by atoms with Gasteiger partial charge in [-0.25, -0.2) is 4.98 Å². The third-order valence-electron chi connectivity index (χ3n) is 1.91. The van der Waals surface area contributed by atoms with Gasteiger partial charge in [0.15, 0.2) is 11.3 Å². The molecule has 0 aliphatic carbocycles. The van der Waals surface area contributed by atoms with Gasteiger partial charge in [0.25, 0.3) is 0 Å². The molecule has 0 spiro atoms. The molecule has 2 rings (SSSR count). The number of carbonyl (C=O) groups excluding carboxylic acids is 1. The van der Waals surface area contributed by atoms with Gasteiger partial charge in [-0.3, -0.25) is 9.78 Å². The predicted octanol–water partition coefficient (Wildman–Crippen LogP) is 2.33. The van der Waals surface area contributed by atoms with E-state index in [1.807, 2.05) is 13.0 Å². The van der Waals surface area contributed by atoms with E-state index in [9.17, 15) is 4.79 Å². The van der Waals surface area contributed by atoms with Crippen LogP contribution in [0.2, 0.25) is 0 Å². The van der Waals surface area contributed by atoms with E-state index >= 15 is 0 Å². The van der Waals surface area contributed by atoms with E-state index in [1.54, 1.807) is 18.6 Å². The smallest absolute Gasteiger partial charge is 0.178 e. The second kappa shape index (κ2) is 3.67. The van der Waals surface area contributed by atoms with Crippen molar-refractivity contribution in [1.82, 2.24) is 9.97 Å². The summed E-state index contributed by atoms with van der Waals surface area (Å²) in [5.41, 5.74) is 2.18. The first-order chi connectivity index (χ1) is 6.81. The number of aldehydes is 1. The molecule has 0 aliphatic heterocycles. The molecule has 0 bridgehead atoms. The highest BCUT2D eigenvalue weighted by atomic mass is 32.1. The Labute approximate surface area is 85.5 Å². The standard InChI is InChI=1S/C10H8N2OS/c1-7-4-11-3-2-8(7)9-5-12-10(6-13)14-9/h2-6H,1H3. The van der Waals surface area contributed by atoms with Crippen molar-refractivity contribution >= 4 is 17.6 Å².